The van der Waals surface area contributed by atoms with Gasteiger partial charge in [0.15, 0.2) is 5.82 Å². The Labute approximate surface area is 123 Å². The molecule has 5 heteroatoms. The Balaban J connectivity index is 1.69. The number of fused-ring (bicyclic) bond motifs is 1. The monoisotopic (exact) mass is 291 g/mol. The van der Waals surface area contributed by atoms with E-state index >= 15 is 0 Å². The molecule has 0 aliphatic heterocycles. The molecule has 108 valence electrons. The Morgan fingerprint density at radius 1 is 1.35 bits per heavy atom. The van der Waals surface area contributed by atoms with Crippen molar-refractivity contribution in [2.24, 2.45) is 5.92 Å². The van der Waals surface area contributed by atoms with Crippen LogP contribution in [0.15, 0.2) is 11.4 Å². The highest BCUT2D eigenvalue weighted by Crippen LogP contribution is 2.30. The zero-order valence-electron chi connectivity index (χ0n) is 11.8. The van der Waals surface area contributed by atoms with Crippen LogP contribution in [0.25, 0.3) is 10.2 Å². The van der Waals surface area contributed by atoms with Crippen molar-refractivity contribution in [3.05, 3.63) is 17.3 Å². The molecule has 2 N–H and O–H groups in total. The highest BCUT2D eigenvalue weighted by Gasteiger charge is 2.24. The molecule has 2 aromatic rings. The van der Waals surface area contributed by atoms with E-state index in [2.05, 4.69) is 16.9 Å². The van der Waals surface area contributed by atoms with Crippen molar-refractivity contribution in [1.29, 1.82) is 0 Å². The summed E-state index contributed by atoms with van der Waals surface area (Å²) < 4.78 is 6.08. The molecule has 0 amide bonds. The number of ether oxygens (including phenoxy) is 1. The average Bonchev–Trinajstić information content (AvgIpc) is 2.94. The van der Waals surface area contributed by atoms with Gasteiger partial charge in [0.1, 0.15) is 17.3 Å². The van der Waals surface area contributed by atoms with Gasteiger partial charge in [-0.3, -0.25) is 0 Å². The number of hydrogen-bond donors (Lipinski definition) is 1. The van der Waals surface area contributed by atoms with Gasteiger partial charge in [-0.25, -0.2) is 9.97 Å². The number of nitrogens with zero attached hydrogens (tertiary/aromatic N) is 2. The zero-order valence-corrected chi connectivity index (χ0v) is 12.7. The molecule has 4 nitrogen and oxygen atoms in total. The van der Waals surface area contributed by atoms with E-state index in [-0.39, 0.29) is 0 Å². The summed E-state index contributed by atoms with van der Waals surface area (Å²) in [6.45, 7) is 2.72. The highest BCUT2D eigenvalue weighted by atomic mass is 32.1. The Hall–Kier alpha value is -1.20. The number of thiophene rings is 1. The van der Waals surface area contributed by atoms with E-state index < -0.39 is 0 Å². The van der Waals surface area contributed by atoms with Gasteiger partial charge in [-0.15, -0.1) is 11.3 Å². The Morgan fingerprint density at radius 3 is 3.05 bits per heavy atom. The quantitative estimate of drug-likeness (QED) is 0.931. The summed E-state index contributed by atoms with van der Waals surface area (Å²) in [5, 5.41) is 2.94. The van der Waals surface area contributed by atoms with Gasteiger partial charge in [-0.05, 0) is 30.2 Å². The molecule has 0 spiro atoms. The van der Waals surface area contributed by atoms with Crippen molar-refractivity contribution < 1.29 is 4.74 Å². The lowest BCUT2D eigenvalue weighted by molar-refractivity contribution is -0.0246. The highest BCUT2D eigenvalue weighted by molar-refractivity contribution is 7.16. The first-order chi connectivity index (χ1) is 9.78. The third-order valence-electron chi connectivity index (χ3n) is 4.19. The molecule has 3 rings (SSSR count). The molecular formula is C15H21N3OS. The molecule has 2 atom stereocenters. The lowest BCUT2D eigenvalue weighted by Gasteiger charge is -2.30. The van der Waals surface area contributed by atoms with Crippen LogP contribution < -0.4 is 5.73 Å². The smallest absolute Gasteiger partial charge is 0.158 e. The predicted molar refractivity (Wildman–Crippen MR) is 82.7 cm³/mol. The van der Waals surface area contributed by atoms with Gasteiger partial charge < -0.3 is 10.5 Å². The van der Waals surface area contributed by atoms with Crippen molar-refractivity contribution in [3.8, 4) is 0 Å². The van der Waals surface area contributed by atoms with Gasteiger partial charge in [-0.2, -0.15) is 0 Å². The zero-order chi connectivity index (χ0) is 13.9. The van der Waals surface area contributed by atoms with E-state index in [0.717, 1.165) is 16.6 Å². The van der Waals surface area contributed by atoms with Gasteiger partial charge in [0.25, 0.3) is 0 Å². The second-order valence-electron chi connectivity index (χ2n) is 5.47. The van der Waals surface area contributed by atoms with Crippen LogP contribution in [-0.4, -0.2) is 16.1 Å². The lowest BCUT2D eigenvalue weighted by Crippen LogP contribution is -2.27. The maximum absolute atomic E-state index is 6.08. The topological polar surface area (TPSA) is 61.0 Å². The van der Waals surface area contributed by atoms with Crippen molar-refractivity contribution in [1.82, 2.24) is 9.97 Å². The molecule has 0 aromatic carbocycles. The molecule has 0 radical (unpaired) electrons. The molecule has 0 saturated heterocycles. The van der Waals surface area contributed by atoms with Crippen LogP contribution >= 0.6 is 11.3 Å². The predicted octanol–water partition coefficient (Wildman–Crippen LogP) is 3.76. The minimum atomic E-state index is 0.359. The SMILES string of the molecule is CCC1CCCCC1OCc1nc(N)c2ccsc2n1. The summed E-state index contributed by atoms with van der Waals surface area (Å²) in [6.07, 6.45) is 6.61. The van der Waals surface area contributed by atoms with Crippen LogP contribution in [0.3, 0.4) is 0 Å². The van der Waals surface area contributed by atoms with E-state index in [9.17, 15) is 0 Å². The Morgan fingerprint density at radius 2 is 2.20 bits per heavy atom. The van der Waals surface area contributed by atoms with E-state index in [4.69, 9.17) is 10.5 Å². The number of nitrogen functional groups attached to an aromatic ring is 1. The third-order valence-corrected chi connectivity index (χ3v) is 5.00. The Bertz CT molecular complexity index is 584. The first-order valence-corrected chi connectivity index (χ1v) is 8.27. The van der Waals surface area contributed by atoms with Gasteiger partial charge in [0.2, 0.25) is 0 Å². The van der Waals surface area contributed by atoms with Crippen LogP contribution in [-0.2, 0) is 11.3 Å². The lowest BCUT2D eigenvalue weighted by atomic mass is 9.85. The molecule has 2 unspecified atom stereocenters. The molecular weight excluding hydrogens is 270 g/mol. The van der Waals surface area contributed by atoms with E-state index in [1.165, 1.54) is 25.7 Å². The fraction of sp³-hybridized carbons (Fsp3) is 0.600. The number of aromatic nitrogens is 2. The van der Waals surface area contributed by atoms with Crippen molar-refractivity contribution in [2.45, 2.75) is 51.7 Å². The second-order valence-corrected chi connectivity index (χ2v) is 6.36. The minimum absolute atomic E-state index is 0.359. The first-order valence-electron chi connectivity index (χ1n) is 7.39. The fourth-order valence-corrected chi connectivity index (χ4v) is 3.82. The summed E-state index contributed by atoms with van der Waals surface area (Å²) in [7, 11) is 0. The molecule has 1 saturated carbocycles. The van der Waals surface area contributed by atoms with Gasteiger partial charge >= 0.3 is 0 Å². The standard InChI is InChI=1S/C15H21N3OS/c1-2-10-5-3-4-6-12(10)19-9-13-17-14(16)11-7-8-20-15(11)18-13/h7-8,10,12H,2-6,9H2,1H3,(H2,16,17,18). The Kier molecular flexibility index (Phi) is 4.17. The van der Waals surface area contributed by atoms with Crippen molar-refractivity contribution in [2.75, 3.05) is 5.73 Å². The summed E-state index contributed by atoms with van der Waals surface area (Å²) in [5.74, 6) is 1.95. The minimum Gasteiger partial charge on any atom is -0.383 e. The van der Waals surface area contributed by atoms with Gasteiger partial charge in [0, 0.05) is 0 Å². The summed E-state index contributed by atoms with van der Waals surface area (Å²) in [6, 6.07) is 1.97. The summed E-state index contributed by atoms with van der Waals surface area (Å²) >= 11 is 1.60. The van der Waals surface area contributed by atoms with Crippen LogP contribution in [0.1, 0.15) is 44.9 Å². The van der Waals surface area contributed by atoms with E-state index in [0.29, 0.717) is 30.3 Å². The summed E-state index contributed by atoms with van der Waals surface area (Å²) in [5.41, 5.74) is 5.96. The maximum Gasteiger partial charge on any atom is 0.158 e. The number of hydrogen-bond acceptors (Lipinski definition) is 5. The molecule has 2 aromatic heterocycles. The second kappa shape index (κ2) is 6.06. The number of rotatable bonds is 4. The van der Waals surface area contributed by atoms with Crippen molar-refractivity contribution in [3.63, 3.8) is 0 Å². The molecule has 1 aliphatic rings. The van der Waals surface area contributed by atoms with E-state index in [1.54, 1.807) is 11.3 Å². The van der Waals surface area contributed by atoms with Crippen LogP contribution in [0.5, 0.6) is 0 Å². The molecule has 20 heavy (non-hydrogen) atoms. The van der Waals surface area contributed by atoms with E-state index in [1.807, 2.05) is 11.4 Å². The molecule has 2 heterocycles. The average molecular weight is 291 g/mol. The third kappa shape index (κ3) is 2.79. The van der Waals surface area contributed by atoms with Gasteiger partial charge in [0.05, 0.1) is 11.5 Å². The van der Waals surface area contributed by atoms with Gasteiger partial charge in [-0.1, -0.05) is 26.2 Å². The molecule has 1 aliphatic carbocycles. The first kappa shape index (κ1) is 13.8. The summed E-state index contributed by atoms with van der Waals surface area (Å²) in [4.78, 5) is 9.84. The number of nitrogens with two attached hydrogens (primary N) is 1. The molecule has 1 fully saturated rings. The molecule has 0 bridgehead atoms. The van der Waals surface area contributed by atoms with Crippen LogP contribution in [0.2, 0.25) is 0 Å². The normalized spacial score (nSPS) is 23.2. The van der Waals surface area contributed by atoms with Crippen LogP contribution in [0, 0.1) is 5.92 Å². The fourth-order valence-electron chi connectivity index (χ4n) is 3.03. The largest absolute Gasteiger partial charge is 0.383 e. The van der Waals surface area contributed by atoms with Crippen LogP contribution in [0.4, 0.5) is 5.82 Å². The number of anilines is 1. The van der Waals surface area contributed by atoms with Crippen molar-refractivity contribution >= 4 is 27.4 Å². The maximum atomic E-state index is 6.08.